The first-order chi connectivity index (χ1) is 12.9. The van der Waals surface area contributed by atoms with Gasteiger partial charge in [0, 0.05) is 11.4 Å². The van der Waals surface area contributed by atoms with Crippen molar-refractivity contribution in [3.63, 3.8) is 0 Å². The molecule has 0 aliphatic rings. The number of hydrogen-bond donors (Lipinski definition) is 2. The summed E-state index contributed by atoms with van der Waals surface area (Å²) in [6, 6.07) is 0. The van der Waals surface area contributed by atoms with Crippen molar-refractivity contribution in [2.75, 3.05) is 0 Å². The number of aryl methyl sites for hydroxylation is 1. The number of H-pyrrole nitrogens is 2. The van der Waals surface area contributed by atoms with E-state index < -0.39 is 0 Å². The van der Waals surface area contributed by atoms with E-state index in [1.165, 1.54) is 11.8 Å². The van der Waals surface area contributed by atoms with E-state index in [2.05, 4.69) is 40.9 Å². The molecule has 0 unspecified atom stereocenters. The third kappa shape index (κ3) is 4.19. The first kappa shape index (κ1) is 19.9. The highest BCUT2D eigenvalue weighted by molar-refractivity contribution is 7.98. The van der Waals surface area contributed by atoms with E-state index in [9.17, 15) is 9.59 Å². The molecule has 0 spiro atoms. The Balaban J connectivity index is 1.87. The number of thiophene rings is 1. The maximum absolute atomic E-state index is 12.7. The van der Waals surface area contributed by atoms with Crippen LogP contribution in [0.25, 0.3) is 10.2 Å². The third-order valence-corrected chi connectivity index (χ3v) is 6.70. The van der Waals surface area contributed by atoms with Gasteiger partial charge < -0.3 is 4.98 Å². The number of hydrogen-bond acceptors (Lipinski definition) is 6. The van der Waals surface area contributed by atoms with Gasteiger partial charge in [0.1, 0.15) is 10.7 Å². The number of rotatable bonds is 8. The second kappa shape index (κ2) is 8.43. The lowest BCUT2D eigenvalue weighted by Gasteiger charge is -2.08. The van der Waals surface area contributed by atoms with Gasteiger partial charge in [0.25, 0.3) is 5.56 Å². The summed E-state index contributed by atoms with van der Waals surface area (Å²) in [5.74, 6) is 1.59. The monoisotopic (exact) mass is 407 g/mol. The molecule has 3 heterocycles. The summed E-state index contributed by atoms with van der Waals surface area (Å²) < 4.78 is 1.61. The van der Waals surface area contributed by atoms with Crippen LogP contribution < -0.4 is 11.2 Å². The Labute approximate surface area is 165 Å². The van der Waals surface area contributed by atoms with Crippen LogP contribution in [-0.4, -0.2) is 24.7 Å². The molecule has 3 aromatic rings. The van der Waals surface area contributed by atoms with Gasteiger partial charge in [0.2, 0.25) is 0 Å². The molecule has 0 saturated heterocycles. The Bertz CT molecular complexity index is 1050. The van der Waals surface area contributed by atoms with Crippen LogP contribution in [-0.2, 0) is 18.7 Å². The lowest BCUT2D eigenvalue weighted by atomic mass is 9.98. The number of nitrogens with one attached hydrogen (secondary N) is 2. The first-order valence-electron chi connectivity index (χ1n) is 9.23. The smallest absolute Gasteiger partial charge is 0.309 e. The van der Waals surface area contributed by atoms with Crippen LogP contribution in [0.5, 0.6) is 0 Å². The number of thioether (sulfide) groups is 1. The summed E-state index contributed by atoms with van der Waals surface area (Å²) in [4.78, 5) is 34.0. The van der Waals surface area contributed by atoms with Crippen molar-refractivity contribution >= 4 is 33.3 Å². The zero-order chi connectivity index (χ0) is 19.6. The van der Waals surface area contributed by atoms with Crippen LogP contribution in [0.15, 0.2) is 14.7 Å². The molecular formula is C18H25N5O2S2. The molecule has 3 rings (SSSR count). The van der Waals surface area contributed by atoms with Crippen molar-refractivity contribution in [2.45, 2.75) is 64.4 Å². The zero-order valence-corrected chi connectivity index (χ0v) is 17.7. The predicted octanol–water partition coefficient (Wildman–Crippen LogP) is 3.47. The molecule has 9 heteroatoms. The van der Waals surface area contributed by atoms with Crippen molar-refractivity contribution in [1.29, 1.82) is 0 Å². The predicted molar refractivity (Wildman–Crippen MR) is 111 cm³/mol. The molecule has 0 saturated carbocycles. The van der Waals surface area contributed by atoms with Crippen molar-refractivity contribution in [1.82, 2.24) is 24.7 Å². The Morgan fingerprint density at radius 3 is 2.78 bits per heavy atom. The molecule has 7 nitrogen and oxygen atoms in total. The van der Waals surface area contributed by atoms with Crippen molar-refractivity contribution in [3.8, 4) is 0 Å². The van der Waals surface area contributed by atoms with E-state index in [0.717, 1.165) is 39.9 Å². The van der Waals surface area contributed by atoms with Gasteiger partial charge in [-0.15, -0.1) is 16.4 Å². The highest BCUT2D eigenvalue weighted by Gasteiger charge is 2.17. The second-order valence-corrected chi connectivity index (χ2v) is 8.94. The van der Waals surface area contributed by atoms with Gasteiger partial charge in [-0.25, -0.2) is 14.9 Å². The maximum Gasteiger partial charge on any atom is 0.343 e. The highest BCUT2D eigenvalue weighted by atomic mass is 32.2. The molecule has 2 N–H and O–H groups in total. The van der Waals surface area contributed by atoms with Crippen LogP contribution in [0.3, 0.4) is 0 Å². The Morgan fingerprint density at radius 1 is 1.30 bits per heavy atom. The molecule has 0 aliphatic heterocycles. The van der Waals surface area contributed by atoms with E-state index in [1.54, 1.807) is 15.9 Å². The van der Waals surface area contributed by atoms with Gasteiger partial charge in [0.05, 0.1) is 11.1 Å². The summed E-state index contributed by atoms with van der Waals surface area (Å²) in [5, 5.41) is 7.89. The minimum atomic E-state index is -0.208. The van der Waals surface area contributed by atoms with Gasteiger partial charge in [-0.3, -0.25) is 9.36 Å². The van der Waals surface area contributed by atoms with E-state index in [0.29, 0.717) is 29.2 Å². The normalized spacial score (nSPS) is 12.7. The number of aromatic nitrogens is 5. The van der Waals surface area contributed by atoms with Crippen LogP contribution in [0.1, 0.15) is 49.9 Å². The van der Waals surface area contributed by atoms with Crippen LogP contribution in [0.2, 0.25) is 0 Å². The van der Waals surface area contributed by atoms with Gasteiger partial charge in [-0.2, -0.15) is 0 Å². The Kier molecular flexibility index (Phi) is 6.21. The number of fused-ring (bicyclic) bond motifs is 1. The molecular weight excluding hydrogens is 382 g/mol. The van der Waals surface area contributed by atoms with Crippen LogP contribution >= 0.6 is 23.1 Å². The minimum absolute atomic E-state index is 0.0776. The molecule has 3 aromatic heterocycles. The summed E-state index contributed by atoms with van der Waals surface area (Å²) in [7, 11) is 0. The molecule has 27 heavy (non-hydrogen) atoms. The molecule has 0 aromatic carbocycles. The molecule has 146 valence electrons. The molecule has 0 radical (unpaired) electrons. The average Bonchev–Trinajstić information content (AvgIpc) is 3.14. The third-order valence-electron chi connectivity index (χ3n) is 4.67. The quantitative estimate of drug-likeness (QED) is 0.557. The number of nitrogens with zero attached hydrogens (tertiary/aromatic N) is 3. The summed E-state index contributed by atoms with van der Waals surface area (Å²) in [6.07, 6.45) is 2.83. The second-order valence-electron chi connectivity index (χ2n) is 6.80. The van der Waals surface area contributed by atoms with Gasteiger partial charge in [-0.1, -0.05) is 39.0 Å². The van der Waals surface area contributed by atoms with Crippen molar-refractivity contribution < 1.29 is 0 Å². The van der Waals surface area contributed by atoms with Crippen molar-refractivity contribution in [2.24, 2.45) is 5.92 Å². The molecule has 0 aliphatic carbocycles. The van der Waals surface area contributed by atoms with Crippen LogP contribution in [0.4, 0.5) is 0 Å². The SMILES string of the molecule is CCCn1c(SCc2nc3sc(C)c(C[C@@H](C)CC)c3c(=O)[nH]2)n[nH]c1=O. The minimum Gasteiger partial charge on any atom is -0.309 e. The topological polar surface area (TPSA) is 96.4 Å². The lowest BCUT2D eigenvalue weighted by molar-refractivity contribution is 0.561. The average molecular weight is 408 g/mol. The lowest BCUT2D eigenvalue weighted by Crippen LogP contribution is -2.17. The Hall–Kier alpha value is -1.87. The highest BCUT2D eigenvalue weighted by Crippen LogP contribution is 2.30. The zero-order valence-electron chi connectivity index (χ0n) is 16.1. The number of aromatic amines is 2. The first-order valence-corrected chi connectivity index (χ1v) is 11.0. The van der Waals surface area contributed by atoms with Gasteiger partial charge in [-0.05, 0) is 31.2 Å². The fourth-order valence-electron chi connectivity index (χ4n) is 2.99. The van der Waals surface area contributed by atoms with Gasteiger partial charge in [0.15, 0.2) is 5.16 Å². The summed E-state index contributed by atoms with van der Waals surface area (Å²) >= 11 is 2.98. The summed E-state index contributed by atoms with van der Waals surface area (Å²) in [6.45, 7) is 9.06. The molecule has 1 atom stereocenters. The fourth-order valence-corrected chi connectivity index (χ4v) is 4.91. The van der Waals surface area contributed by atoms with Crippen molar-refractivity contribution in [3.05, 3.63) is 37.1 Å². The maximum atomic E-state index is 12.7. The molecule has 0 amide bonds. The standard InChI is InChI=1S/C18H25N5O2S2/c1-5-7-23-17(25)21-22-18(23)26-9-13-19-15(24)14-12(8-10(3)6-2)11(4)27-16(14)20-13/h10H,5-9H2,1-4H3,(H,21,25)(H,19,20,24)/t10-/m0/s1. The van der Waals surface area contributed by atoms with E-state index in [4.69, 9.17) is 0 Å². The van der Waals surface area contributed by atoms with E-state index >= 15 is 0 Å². The van der Waals surface area contributed by atoms with Crippen LogP contribution in [0, 0.1) is 12.8 Å². The molecule has 0 bridgehead atoms. The fraction of sp³-hybridized carbons (Fsp3) is 0.556. The van der Waals surface area contributed by atoms with E-state index in [1.807, 2.05) is 6.92 Å². The largest absolute Gasteiger partial charge is 0.343 e. The summed E-state index contributed by atoms with van der Waals surface area (Å²) in [5.41, 5.74) is 0.840. The Morgan fingerprint density at radius 2 is 2.07 bits per heavy atom. The van der Waals surface area contributed by atoms with E-state index in [-0.39, 0.29) is 11.2 Å². The molecule has 0 fully saturated rings. The van der Waals surface area contributed by atoms with Gasteiger partial charge >= 0.3 is 5.69 Å².